The lowest BCUT2D eigenvalue weighted by molar-refractivity contribution is -0.144. The van der Waals surface area contributed by atoms with Crippen LogP contribution in [0.1, 0.15) is 36.3 Å². The van der Waals surface area contributed by atoms with E-state index in [4.69, 9.17) is 5.11 Å². The van der Waals surface area contributed by atoms with Crippen LogP contribution in [0.15, 0.2) is 0 Å². The third-order valence-corrected chi connectivity index (χ3v) is 5.77. The van der Waals surface area contributed by atoms with Gasteiger partial charge in [-0.05, 0) is 39.7 Å². The van der Waals surface area contributed by atoms with Crippen LogP contribution in [-0.4, -0.2) is 69.5 Å². The summed E-state index contributed by atoms with van der Waals surface area (Å²) >= 11 is 1.40. The lowest BCUT2D eigenvalue weighted by Crippen LogP contribution is -2.49. The van der Waals surface area contributed by atoms with E-state index in [1.54, 1.807) is 0 Å². The van der Waals surface area contributed by atoms with Crippen molar-refractivity contribution in [2.45, 2.75) is 45.6 Å². The van der Waals surface area contributed by atoms with Gasteiger partial charge in [-0.1, -0.05) is 0 Å². The van der Waals surface area contributed by atoms with Gasteiger partial charge in [0.1, 0.15) is 6.04 Å². The number of carboxylic acids is 2. The van der Waals surface area contributed by atoms with Gasteiger partial charge in [0.2, 0.25) is 11.8 Å². The molecule has 0 aliphatic carbocycles. The molecule has 2 rings (SSSR count). The zero-order valence-corrected chi connectivity index (χ0v) is 17.3. The van der Waals surface area contributed by atoms with Gasteiger partial charge in [-0.25, -0.2) is 9.78 Å². The molecule has 2 unspecified atom stereocenters. The van der Waals surface area contributed by atoms with Crippen molar-refractivity contribution in [3.8, 4) is 0 Å². The van der Waals surface area contributed by atoms with E-state index < -0.39 is 29.8 Å². The number of aryl methyl sites for hydroxylation is 2. The Morgan fingerprint density at radius 2 is 2.00 bits per heavy atom. The number of aliphatic carboxylic acids is 2. The molecule has 0 bridgehead atoms. The number of piperidine rings is 1. The normalized spacial score (nSPS) is 18.1. The van der Waals surface area contributed by atoms with E-state index in [1.165, 1.54) is 11.3 Å². The summed E-state index contributed by atoms with van der Waals surface area (Å²) in [5.74, 6) is -3.48. The molecule has 29 heavy (non-hydrogen) atoms. The number of hydrogen-bond acceptors (Lipinski definition) is 7. The molecule has 1 fully saturated rings. The standard InChI is InChI=1S/C18H26N4O6S/c1-10-11(2)29-18(19-10)21-14(23)9-22-7-3-4-12(8-22)16(26)20-13(17(27)28)5-6-15(24)25/h12-13H,3-9H2,1-2H3,(H,20,26)(H,24,25)(H,27,28)(H,19,21,23). The van der Waals surface area contributed by atoms with E-state index in [0.717, 1.165) is 10.6 Å². The Bertz CT molecular complexity index is 761. The van der Waals surface area contributed by atoms with Crippen LogP contribution >= 0.6 is 11.3 Å². The Morgan fingerprint density at radius 1 is 1.28 bits per heavy atom. The summed E-state index contributed by atoms with van der Waals surface area (Å²) in [7, 11) is 0. The van der Waals surface area contributed by atoms with Crippen molar-refractivity contribution in [2.75, 3.05) is 25.0 Å². The number of carbonyl (C=O) groups excluding carboxylic acids is 2. The molecular weight excluding hydrogens is 400 g/mol. The molecular formula is C18H26N4O6S. The minimum atomic E-state index is -1.26. The molecule has 1 aromatic heterocycles. The second-order valence-corrected chi connectivity index (χ2v) is 8.32. The summed E-state index contributed by atoms with van der Waals surface area (Å²) in [6, 6.07) is -1.24. The maximum absolute atomic E-state index is 12.5. The second kappa shape index (κ2) is 10.3. The Balaban J connectivity index is 1.86. The number of nitrogens with zero attached hydrogens (tertiary/aromatic N) is 2. The monoisotopic (exact) mass is 426 g/mol. The number of likely N-dealkylation sites (tertiary alicyclic amines) is 1. The molecule has 0 radical (unpaired) electrons. The summed E-state index contributed by atoms with van der Waals surface area (Å²) in [5, 5.41) is 23.6. The predicted molar refractivity (Wildman–Crippen MR) is 106 cm³/mol. The van der Waals surface area contributed by atoms with Crippen LogP contribution < -0.4 is 10.6 Å². The van der Waals surface area contributed by atoms with Gasteiger partial charge < -0.3 is 20.8 Å². The minimum absolute atomic E-state index is 0.114. The predicted octanol–water partition coefficient (Wildman–Crippen LogP) is 0.845. The number of anilines is 1. The van der Waals surface area contributed by atoms with Crippen LogP contribution in [0.25, 0.3) is 0 Å². The maximum atomic E-state index is 12.5. The zero-order chi connectivity index (χ0) is 21.6. The summed E-state index contributed by atoms with van der Waals surface area (Å²) in [6.07, 6.45) is 0.763. The molecule has 0 spiro atoms. The summed E-state index contributed by atoms with van der Waals surface area (Å²) in [5.41, 5.74) is 0.871. The molecule has 1 aliphatic heterocycles. The van der Waals surface area contributed by atoms with Crippen LogP contribution in [-0.2, 0) is 19.2 Å². The van der Waals surface area contributed by atoms with Crippen LogP contribution in [0, 0.1) is 19.8 Å². The van der Waals surface area contributed by atoms with Crippen LogP contribution in [0.5, 0.6) is 0 Å². The number of amides is 2. The highest BCUT2D eigenvalue weighted by molar-refractivity contribution is 7.15. The molecule has 4 N–H and O–H groups in total. The third kappa shape index (κ3) is 7.09. The van der Waals surface area contributed by atoms with E-state index in [1.807, 2.05) is 18.7 Å². The molecule has 1 aliphatic rings. The van der Waals surface area contributed by atoms with Crippen molar-refractivity contribution in [3.05, 3.63) is 10.6 Å². The van der Waals surface area contributed by atoms with Gasteiger partial charge in [0.05, 0.1) is 18.2 Å². The number of rotatable bonds is 9. The van der Waals surface area contributed by atoms with E-state index in [-0.39, 0.29) is 25.3 Å². The Morgan fingerprint density at radius 3 is 2.59 bits per heavy atom. The van der Waals surface area contributed by atoms with E-state index in [2.05, 4.69) is 15.6 Å². The maximum Gasteiger partial charge on any atom is 0.326 e. The highest BCUT2D eigenvalue weighted by atomic mass is 32.1. The molecule has 2 heterocycles. The minimum Gasteiger partial charge on any atom is -0.481 e. The van der Waals surface area contributed by atoms with Crippen LogP contribution in [0.2, 0.25) is 0 Å². The average Bonchev–Trinajstić information content (AvgIpc) is 2.95. The highest BCUT2D eigenvalue weighted by Crippen LogP contribution is 2.21. The average molecular weight is 426 g/mol. The van der Waals surface area contributed by atoms with Crippen molar-refractivity contribution in [1.29, 1.82) is 0 Å². The fourth-order valence-corrected chi connectivity index (χ4v) is 3.95. The first-order chi connectivity index (χ1) is 13.7. The number of carbonyl (C=O) groups is 4. The summed E-state index contributed by atoms with van der Waals surface area (Å²) in [4.78, 5) is 53.8. The van der Waals surface area contributed by atoms with Crippen LogP contribution in [0.3, 0.4) is 0 Å². The number of nitrogens with one attached hydrogen (secondary N) is 2. The molecule has 160 valence electrons. The fourth-order valence-electron chi connectivity index (χ4n) is 3.12. The SMILES string of the molecule is Cc1nc(NC(=O)CN2CCCC(C(=O)NC(CCC(=O)O)C(=O)O)C2)sc1C. The van der Waals surface area contributed by atoms with E-state index in [9.17, 15) is 24.3 Å². The highest BCUT2D eigenvalue weighted by Gasteiger charge is 2.30. The first kappa shape index (κ1) is 22.8. The number of carboxylic acid groups (broad SMARTS) is 2. The van der Waals surface area contributed by atoms with Gasteiger partial charge >= 0.3 is 11.9 Å². The van der Waals surface area contributed by atoms with Gasteiger partial charge in [0.25, 0.3) is 0 Å². The zero-order valence-electron chi connectivity index (χ0n) is 16.4. The molecule has 1 saturated heterocycles. The first-order valence-corrected chi connectivity index (χ1v) is 10.2. The molecule has 0 aromatic carbocycles. The summed E-state index contributed by atoms with van der Waals surface area (Å²) < 4.78 is 0. The van der Waals surface area contributed by atoms with Crippen molar-refractivity contribution in [2.24, 2.45) is 5.92 Å². The van der Waals surface area contributed by atoms with Gasteiger partial charge in [0, 0.05) is 17.8 Å². The molecule has 1 aromatic rings. The largest absolute Gasteiger partial charge is 0.481 e. The molecule has 2 amide bonds. The second-order valence-electron chi connectivity index (χ2n) is 7.11. The van der Waals surface area contributed by atoms with Crippen molar-refractivity contribution in [1.82, 2.24) is 15.2 Å². The van der Waals surface area contributed by atoms with Crippen molar-refractivity contribution in [3.63, 3.8) is 0 Å². The van der Waals surface area contributed by atoms with Crippen molar-refractivity contribution >= 4 is 40.2 Å². The van der Waals surface area contributed by atoms with Gasteiger partial charge in [-0.2, -0.15) is 0 Å². The lowest BCUT2D eigenvalue weighted by Gasteiger charge is -2.31. The number of hydrogen-bond donors (Lipinski definition) is 4. The smallest absolute Gasteiger partial charge is 0.326 e. The lowest BCUT2D eigenvalue weighted by atomic mass is 9.96. The molecule has 0 saturated carbocycles. The fraction of sp³-hybridized carbons (Fsp3) is 0.611. The topological polar surface area (TPSA) is 149 Å². The molecule has 11 heteroatoms. The summed E-state index contributed by atoms with van der Waals surface area (Å²) in [6.45, 7) is 4.91. The van der Waals surface area contributed by atoms with Gasteiger partial charge in [0.15, 0.2) is 5.13 Å². The van der Waals surface area contributed by atoms with Crippen LogP contribution in [0.4, 0.5) is 5.13 Å². The van der Waals surface area contributed by atoms with Crippen molar-refractivity contribution < 1.29 is 29.4 Å². The Hall–Kier alpha value is -2.53. The molecule has 2 atom stereocenters. The van der Waals surface area contributed by atoms with Gasteiger partial charge in [-0.15, -0.1) is 11.3 Å². The quantitative estimate of drug-likeness (QED) is 0.454. The number of aromatic nitrogens is 1. The Labute approximate surface area is 172 Å². The molecule has 10 nitrogen and oxygen atoms in total. The van der Waals surface area contributed by atoms with E-state index >= 15 is 0 Å². The number of thiazole rings is 1. The van der Waals surface area contributed by atoms with E-state index in [0.29, 0.717) is 31.1 Å². The first-order valence-electron chi connectivity index (χ1n) is 9.37. The Kier molecular flexibility index (Phi) is 8.09. The van der Waals surface area contributed by atoms with Gasteiger partial charge in [-0.3, -0.25) is 19.3 Å². The third-order valence-electron chi connectivity index (χ3n) is 4.78.